The summed E-state index contributed by atoms with van der Waals surface area (Å²) in [5.74, 6) is 0. The maximum atomic E-state index is 2.46. The molecule has 0 heterocycles. The Bertz CT molecular complexity index is 3020. The van der Waals surface area contributed by atoms with Crippen LogP contribution < -0.4 is 4.90 Å². The average Bonchev–Trinajstić information content (AvgIpc) is 3.35. The Morgan fingerprint density at radius 2 is 0.508 bits per heavy atom. The molecule has 1 nitrogen and oxygen atoms in total. The first-order valence-corrected chi connectivity index (χ1v) is 20.9. The third-order valence-corrected chi connectivity index (χ3v) is 11.5. The van der Waals surface area contributed by atoms with Crippen molar-refractivity contribution < 1.29 is 0 Å². The molecule has 0 unspecified atom stereocenters. The van der Waals surface area contributed by atoms with Crippen molar-refractivity contribution >= 4 is 17.1 Å². The number of para-hydroxylation sites is 1. The number of rotatable bonds is 10. The van der Waals surface area contributed by atoms with E-state index in [0.29, 0.717) is 0 Å². The van der Waals surface area contributed by atoms with Crippen molar-refractivity contribution in [2.24, 2.45) is 0 Å². The normalized spacial score (nSPS) is 11.0. The molecule has 0 bridgehead atoms. The van der Waals surface area contributed by atoms with Gasteiger partial charge < -0.3 is 4.90 Å². The standard InChI is InChI=1S/C60H43N/c1-7-23-44(24-8-1)52-35-19-21-37-54(52)55-38-22-20-36-53(55)47-39-41-51(42-40-47)61(50-33-17-6-18-34-50)60-57(46-27-11-3-12-28-46)43-56(45-25-9-2-10-26-45)58(48-29-13-4-14-30-48)59(60)49-31-15-5-16-32-49/h1-43H. The highest BCUT2D eigenvalue weighted by molar-refractivity contribution is 6.09. The lowest BCUT2D eigenvalue weighted by Crippen LogP contribution is -2.14. The molecule has 0 saturated heterocycles. The molecular formula is C60H43N. The van der Waals surface area contributed by atoms with Crippen LogP contribution in [0.2, 0.25) is 0 Å². The number of anilines is 3. The Hall–Kier alpha value is -8.00. The molecular weight excluding hydrogens is 735 g/mol. The lowest BCUT2D eigenvalue weighted by molar-refractivity contribution is 1.28. The van der Waals surface area contributed by atoms with Crippen LogP contribution in [-0.2, 0) is 0 Å². The zero-order valence-electron chi connectivity index (χ0n) is 33.8. The first-order valence-electron chi connectivity index (χ1n) is 20.9. The molecule has 0 radical (unpaired) electrons. The van der Waals surface area contributed by atoms with E-state index in [0.717, 1.165) is 44.9 Å². The molecule has 0 aliphatic rings. The van der Waals surface area contributed by atoms with Gasteiger partial charge in [-0.25, -0.2) is 0 Å². The van der Waals surface area contributed by atoms with E-state index in [-0.39, 0.29) is 0 Å². The van der Waals surface area contributed by atoms with Crippen LogP contribution >= 0.6 is 0 Å². The van der Waals surface area contributed by atoms with Gasteiger partial charge >= 0.3 is 0 Å². The van der Waals surface area contributed by atoms with E-state index in [1.54, 1.807) is 0 Å². The van der Waals surface area contributed by atoms with Crippen LogP contribution in [0.4, 0.5) is 17.1 Å². The summed E-state index contributed by atoms with van der Waals surface area (Å²) in [5, 5.41) is 0. The maximum absolute atomic E-state index is 2.46. The molecule has 288 valence electrons. The van der Waals surface area contributed by atoms with Gasteiger partial charge in [0, 0.05) is 22.5 Å². The van der Waals surface area contributed by atoms with Crippen LogP contribution in [0.1, 0.15) is 0 Å². The predicted molar refractivity (Wildman–Crippen MR) is 259 cm³/mol. The van der Waals surface area contributed by atoms with Gasteiger partial charge in [-0.15, -0.1) is 0 Å². The van der Waals surface area contributed by atoms with Crippen molar-refractivity contribution in [2.45, 2.75) is 0 Å². The second-order valence-corrected chi connectivity index (χ2v) is 15.2. The van der Waals surface area contributed by atoms with Crippen LogP contribution in [0.5, 0.6) is 0 Å². The van der Waals surface area contributed by atoms with Gasteiger partial charge in [-0.05, 0) is 97.1 Å². The SMILES string of the molecule is c1ccc(-c2ccccc2-c2ccccc2-c2ccc(N(c3ccccc3)c3c(-c4ccccc4)cc(-c4ccccc4)c(-c4ccccc4)c3-c3ccccc3)cc2)cc1. The monoisotopic (exact) mass is 777 g/mol. The van der Waals surface area contributed by atoms with Gasteiger partial charge in [0.15, 0.2) is 0 Å². The molecule has 0 atom stereocenters. The summed E-state index contributed by atoms with van der Waals surface area (Å²) in [4.78, 5) is 2.46. The number of hydrogen-bond acceptors (Lipinski definition) is 1. The highest BCUT2D eigenvalue weighted by Gasteiger charge is 2.28. The quantitative estimate of drug-likeness (QED) is 0.134. The summed E-state index contributed by atoms with van der Waals surface area (Å²) < 4.78 is 0. The summed E-state index contributed by atoms with van der Waals surface area (Å²) in [6.07, 6.45) is 0. The summed E-state index contributed by atoms with van der Waals surface area (Å²) in [5.41, 5.74) is 19.8. The minimum Gasteiger partial charge on any atom is -0.309 e. The lowest BCUT2D eigenvalue weighted by Gasteiger charge is -2.33. The van der Waals surface area contributed by atoms with E-state index >= 15 is 0 Å². The van der Waals surface area contributed by atoms with Crippen LogP contribution in [-0.4, -0.2) is 0 Å². The Kier molecular flexibility index (Phi) is 10.4. The predicted octanol–water partition coefficient (Wildman–Crippen LogP) is 16.8. The van der Waals surface area contributed by atoms with Crippen molar-refractivity contribution in [3.63, 3.8) is 0 Å². The Balaban J connectivity index is 1.24. The largest absolute Gasteiger partial charge is 0.309 e. The molecule has 0 saturated carbocycles. The van der Waals surface area contributed by atoms with Crippen LogP contribution in [0.25, 0.3) is 77.9 Å². The van der Waals surface area contributed by atoms with E-state index in [4.69, 9.17) is 0 Å². The molecule has 10 aromatic rings. The lowest BCUT2D eigenvalue weighted by atomic mass is 9.82. The second kappa shape index (κ2) is 17.1. The molecule has 61 heavy (non-hydrogen) atoms. The van der Waals surface area contributed by atoms with Gasteiger partial charge in [0.2, 0.25) is 0 Å². The summed E-state index contributed by atoms with van der Waals surface area (Å²) in [6, 6.07) is 94.1. The van der Waals surface area contributed by atoms with Crippen molar-refractivity contribution in [2.75, 3.05) is 4.90 Å². The molecule has 0 amide bonds. The summed E-state index contributed by atoms with van der Waals surface area (Å²) in [7, 11) is 0. The Labute approximate surface area is 359 Å². The van der Waals surface area contributed by atoms with Gasteiger partial charge in [-0.1, -0.05) is 231 Å². The van der Waals surface area contributed by atoms with Gasteiger partial charge in [0.25, 0.3) is 0 Å². The van der Waals surface area contributed by atoms with Gasteiger partial charge in [0.1, 0.15) is 0 Å². The van der Waals surface area contributed by atoms with Crippen LogP contribution in [0.15, 0.2) is 261 Å². The average molecular weight is 778 g/mol. The number of hydrogen-bond donors (Lipinski definition) is 0. The zero-order valence-corrected chi connectivity index (χ0v) is 33.8. The molecule has 0 fully saturated rings. The van der Waals surface area contributed by atoms with E-state index in [9.17, 15) is 0 Å². The molecule has 1 heteroatoms. The van der Waals surface area contributed by atoms with Gasteiger partial charge in [-0.3, -0.25) is 0 Å². The van der Waals surface area contributed by atoms with Crippen molar-refractivity contribution in [3.05, 3.63) is 261 Å². The second-order valence-electron chi connectivity index (χ2n) is 15.2. The van der Waals surface area contributed by atoms with Crippen molar-refractivity contribution in [1.29, 1.82) is 0 Å². The highest BCUT2D eigenvalue weighted by atomic mass is 15.1. The Morgan fingerprint density at radius 1 is 0.197 bits per heavy atom. The molecule has 0 aliphatic carbocycles. The van der Waals surface area contributed by atoms with Crippen LogP contribution in [0.3, 0.4) is 0 Å². The fraction of sp³-hybridized carbons (Fsp3) is 0. The fourth-order valence-electron chi connectivity index (χ4n) is 8.71. The first kappa shape index (κ1) is 37.3. The van der Waals surface area contributed by atoms with Crippen LogP contribution in [0, 0.1) is 0 Å². The van der Waals surface area contributed by atoms with Gasteiger partial charge in [0.05, 0.1) is 5.69 Å². The minimum atomic E-state index is 1.07. The van der Waals surface area contributed by atoms with Gasteiger partial charge in [-0.2, -0.15) is 0 Å². The zero-order chi connectivity index (χ0) is 40.8. The van der Waals surface area contributed by atoms with E-state index in [1.807, 2.05) is 0 Å². The molecule has 10 rings (SSSR count). The summed E-state index contributed by atoms with van der Waals surface area (Å²) in [6.45, 7) is 0. The minimum absolute atomic E-state index is 1.07. The third-order valence-electron chi connectivity index (χ3n) is 11.5. The maximum Gasteiger partial charge on any atom is 0.0625 e. The summed E-state index contributed by atoms with van der Waals surface area (Å²) >= 11 is 0. The molecule has 10 aromatic carbocycles. The fourth-order valence-corrected chi connectivity index (χ4v) is 8.71. The molecule has 0 N–H and O–H groups in total. The Morgan fingerprint density at radius 3 is 0.967 bits per heavy atom. The smallest absolute Gasteiger partial charge is 0.0625 e. The third kappa shape index (κ3) is 7.46. The van der Waals surface area contributed by atoms with E-state index in [2.05, 4.69) is 266 Å². The van der Waals surface area contributed by atoms with E-state index < -0.39 is 0 Å². The van der Waals surface area contributed by atoms with Crippen molar-refractivity contribution in [1.82, 2.24) is 0 Å². The number of benzene rings is 10. The topological polar surface area (TPSA) is 3.24 Å². The highest BCUT2D eigenvalue weighted by Crippen LogP contribution is 2.54. The van der Waals surface area contributed by atoms with E-state index in [1.165, 1.54) is 50.1 Å². The molecule has 0 aromatic heterocycles. The first-order chi connectivity index (χ1) is 30.3. The van der Waals surface area contributed by atoms with Crippen molar-refractivity contribution in [3.8, 4) is 77.9 Å². The molecule has 0 aliphatic heterocycles. The molecule has 0 spiro atoms. The number of nitrogens with zero attached hydrogens (tertiary/aromatic N) is 1.